The Labute approximate surface area is 195 Å². The molecule has 1 saturated heterocycles. The van der Waals surface area contributed by atoms with E-state index in [4.69, 9.17) is 0 Å². The Morgan fingerprint density at radius 1 is 1.22 bits per heavy atom. The van der Waals surface area contributed by atoms with Crippen LogP contribution < -0.4 is 0 Å². The summed E-state index contributed by atoms with van der Waals surface area (Å²) in [5, 5.41) is 2.37. The highest BCUT2D eigenvalue weighted by Gasteiger charge is 2.20. The summed E-state index contributed by atoms with van der Waals surface area (Å²) in [7, 11) is 2.18. The van der Waals surface area contributed by atoms with E-state index < -0.39 is 0 Å². The van der Waals surface area contributed by atoms with Crippen LogP contribution in [-0.2, 0) is 12.8 Å². The van der Waals surface area contributed by atoms with Crippen molar-refractivity contribution in [2.24, 2.45) is 5.92 Å². The van der Waals surface area contributed by atoms with Gasteiger partial charge in [-0.2, -0.15) is 0 Å². The minimum Gasteiger partial charge on any atom is -0.361 e. The smallest absolute Gasteiger partial charge is 0.174 e. The van der Waals surface area contributed by atoms with E-state index in [0.29, 0.717) is 12.3 Å². The average molecular weight is 453 g/mol. The van der Waals surface area contributed by atoms with Crippen molar-refractivity contribution in [2.75, 3.05) is 39.8 Å². The zero-order valence-electron chi connectivity index (χ0n) is 19.5. The topological polar surface area (TPSA) is 52.2 Å². The van der Waals surface area contributed by atoms with E-state index in [1.807, 2.05) is 6.20 Å². The molecule has 1 unspecified atom stereocenters. The van der Waals surface area contributed by atoms with Gasteiger partial charge in [-0.25, -0.2) is 4.98 Å². The molecule has 0 spiro atoms. The molecule has 1 N–H and O–H groups in total. The molecule has 4 rings (SSSR count). The van der Waals surface area contributed by atoms with Crippen molar-refractivity contribution in [1.82, 2.24) is 19.8 Å². The number of hydrogen-bond acceptors (Lipinski definition) is 5. The van der Waals surface area contributed by atoms with Gasteiger partial charge in [0.2, 0.25) is 0 Å². The molecule has 3 aromatic rings. The lowest BCUT2D eigenvalue weighted by atomic mass is 9.89. The average Bonchev–Trinajstić information content (AvgIpc) is 3.45. The Morgan fingerprint density at radius 2 is 2.03 bits per heavy atom. The number of hydrogen-bond donors (Lipinski definition) is 1. The molecule has 1 atom stereocenters. The summed E-state index contributed by atoms with van der Waals surface area (Å²) >= 11 is 1.60. The van der Waals surface area contributed by atoms with Crippen LogP contribution in [0.4, 0.5) is 0 Å². The summed E-state index contributed by atoms with van der Waals surface area (Å²) in [6, 6.07) is 8.44. The lowest BCUT2D eigenvalue weighted by Crippen LogP contribution is -2.45. The molecule has 0 aliphatic carbocycles. The third kappa shape index (κ3) is 6.06. The number of aromatic nitrogens is 2. The third-order valence-corrected chi connectivity index (χ3v) is 7.79. The maximum atomic E-state index is 13.1. The van der Waals surface area contributed by atoms with Crippen LogP contribution in [0.2, 0.25) is 0 Å². The molecular weight excluding hydrogens is 416 g/mol. The molecule has 3 heterocycles. The summed E-state index contributed by atoms with van der Waals surface area (Å²) in [6.07, 6.45) is 9.86. The number of benzene rings is 1. The first kappa shape index (κ1) is 23.1. The molecule has 172 valence electrons. The summed E-state index contributed by atoms with van der Waals surface area (Å²) < 4.78 is 0. The Balaban J connectivity index is 1.34. The van der Waals surface area contributed by atoms with Gasteiger partial charge in [0, 0.05) is 68.9 Å². The highest BCUT2D eigenvalue weighted by Crippen LogP contribution is 2.27. The summed E-state index contributed by atoms with van der Waals surface area (Å²) in [5.74, 6) is 0.631. The van der Waals surface area contributed by atoms with Crippen LogP contribution in [0.15, 0.2) is 36.7 Å². The van der Waals surface area contributed by atoms with Gasteiger partial charge >= 0.3 is 0 Å². The normalized spacial score (nSPS) is 16.6. The molecule has 6 heteroatoms. The molecular formula is C26H36N4OS. The van der Waals surface area contributed by atoms with Crippen molar-refractivity contribution >= 4 is 28.0 Å². The fourth-order valence-corrected chi connectivity index (χ4v) is 5.48. The SMILES string of the molecule is CCCCC(CC(=O)c1cnc(CCN2CCN(C)CC2)s1)Cc1c[nH]c2ccccc12. The van der Waals surface area contributed by atoms with E-state index >= 15 is 0 Å². The standard InChI is InChI=1S/C26H36N4OS/c1-3-4-7-20(16-21-18-27-23-9-6-5-8-22(21)23)17-24(31)25-19-28-26(32-25)10-11-30-14-12-29(2)13-15-30/h5-6,8-9,18-20,27H,3-4,7,10-17H2,1-2H3. The molecule has 0 amide bonds. The number of H-pyrrole nitrogens is 1. The molecule has 1 aliphatic heterocycles. The molecule has 1 aromatic carbocycles. The quantitative estimate of drug-likeness (QED) is 0.414. The van der Waals surface area contributed by atoms with Gasteiger partial charge in [-0.3, -0.25) is 4.79 Å². The number of aromatic amines is 1. The van der Waals surface area contributed by atoms with E-state index in [9.17, 15) is 4.79 Å². The van der Waals surface area contributed by atoms with Gasteiger partial charge in [-0.1, -0.05) is 38.0 Å². The lowest BCUT2D eigenvalue weighted by molar-refractivity contribution is 0.0962. The predicted molar refractivity (Wildman–Crippen MR) is 134 cm³/mol. The van der Waals surface area contributed by atoms with Gasteiger partial charge in [-0.15, -0.1) is 11.3 Å². The van der Waals surface area contributed by atoms with Crippen molar-refractivity contribution < 1.29 is 4.79 Å². The Bertz CT molecular complexity index is 1000. The van der Waals surface area contributed by atoms with Crippen LogP contribution in [0.25, 0.3) is 10.9 Å². The van der Waals surface area contributed by atoms with Gasteiger partial charge in [0.1, 0.15) is 0 Å². The number of Topliss-reactive ketones (excluding diaryl/α,β-unsaturated/α-hetero) is 1. The zero-order chi connectivity index (χ0) is 22.3. The minimum absolute atomic E-state index is 0.259. The second-order valence-electron chi connectivity index (χ2n) is 9.21. The molecule has 2 aromatic heterocycles. The van der Waals surface area contributed by atoms with E-state index in [2.05, 4.69) is 64.2 Å². The van der Waals surface area contributed by atoms with Crippen LogP contribution >= 0.6 is 11.3 Å². The number of thiazole rings is 1. The predicted octanol–water partition coefficient (Wildman–Crippen LogP) is 5.04. The molecule has 0 saturated carbocycles. The van der Waals surface area contributed by atoms with E-state index in [1.165, 1.54) is 22.9 Å². The molecule has 32 heavy (non-hydrogen) atoms. The number of nitrogens with one attached hydrogen (secondary N) is 1. The minimum atomic E-state index is 0.259. The highest BCUT2D eigenvalue weighted by molar-refractivity contribution is 7.13. The van der Waals surface area contributed by atoms with E-state index in [0.717, 1.165) is 68.3 Å². The number of carbonyl (C=O) groups excluding carboxylic acids is 1. The molecule has 1 aliphatic rings. The molecule has 0 radical (unpaired) electrons. The van der Waals surface area contributed by atoms with Crippen molar-refractivity contribution in [2.45, 2.75) is 45.4 Å². The fourth-order valence-electron chi connectivity index (χ4n) is 4.62. The largest absolute Gasteiger partial charge is 0.361 e. The highest BCUT2D eigenvalue weighted by atomic mass is 32.1. The Kier molecular flexibility index (Phi) is 8.11. The Hall–Kier alpha value is -2.02. The van der Waals surface area contributed by atoms with Gasteiger partial charge in [0.15, 0.2) is 5.78 Å². The van der Waals surface area contributed by atoms with Crippen LogP contribution in [0.1, 0.15) is 52.8 Å². The van der Waals surface area contributed by atoms with Gasteiger partial charge in [-0.05, 0) is 37.4 Å². The van der Waals surface area contributed by atoms with Crippen molar-refractivity contribution in [1.29, 1.82) is 0 Å². The number of para-hydroxylation sites is 1. The van der Waals surface area contributed by atoms with Crippen LogP contribution in [0.3, 0.4) is 0 Å². The number of likely N-dealkylation sites (N-methyl/N-ethyl adjacent to an activating group) is 1. The van der Waals surface area contributed by atoms with Crippen molar-refractivity contribution in [3.63, 3.8) is 0 Å². The number of nitrogens with zero attached hydrogens (tertiary/aromatic N) is 3. The van der Waals surface area contributed by atoms with E-state index in [-0.39, 0.29) is 5.78 Å². The lowest BCUT2D eigenvalue weighted by Gasteiger charge is -2.32. The zero-order valence-corrected chi connectivity index (χ0v) is 20.3. The molecule has 0 bridgehead atoms. The molecule has 1 fully saturated rings. The van der Waals surface area contributed by atoms with Crippen LogP contribution in [0.5, 0.6) is 0 Å². The maximum Gasteiger partial charge on any atom is 0.174 e. The van der Waals surface area contributed by atoms with Crippen molar-refractivity contribution in [3.8, 4) is 0 Å². The first-order valence-corrected chi connectivity index (χ1v) is 12.9. The number of carbonyl (C=O) groups is 1. The van der Waals surface area contributed by atoms with Gasteiger partial charge < -0.3 is 14.8 Å². The van der Waals surface area contributed by atoms with Crippen molar-refractivity contribution in [3.05, 3.63) is 52.1 Å². The maximum absolute atomic E-state index is 13.1. The van der Waals surface area contributed by atoms with Crippen LogP contribution in [-0.4, -0.2) is 65.3 Å². The monoisotopic (exact) mass is 452 g/mol. The second kappa shape index (κ2) is 11.2. The second-order valence-corrected chi connectivity index (χ2v) is 10.3. The number of ketones is 1. The summed E-state index contributed by atoms with van der Waals surface area (Å²) in [4.78, 5) is 26.8. The number of piperazine rings is 1. The van der Waals surface area contributed by atoms with Crippen LogP contribution in [0, 0.1) is 5.92 Å². The third-order valence-electron chi connectivity index (χ3n) is 6.69. The van der Waals surface area contributed by atoms with Gasteiger partial charge in [0.25, 0.3) is 0 Å². The number of unbranched alkanes of at least 4 members (excludes halogenated alkanes) is 1. The number of rotatable bonds is 11. The van der Waals surface area contributed by atoms with Gasteiger partial charge in [0.05, 0.1) is 9.88 Å². The number of fused-ring (bicyclic) bond motifs is 1. The Morgan fingerprint density at radius 3 is 2.84 bits per heavy atom. The summed E-state index contributed by atoms with van der Waals surface area (Å²) in [6.45, 7) is 7.78. The summed E-state index contributed by atoms with van der Waals surface area (Å²) in [5.41, 5.74) is 2.50. The van der Waals surface area contributed by atoms with E-state index in [1.54, 1.807) is 11.3 Å². The first-order chi connectivity index (χ1) is 15.6. The fraction of sp³-hybridized carbons (Fsp3) is 0.538. The molecule has 5 nitrogen and oxygen atoms in total. The first-order valence-electron chi connectivity index (χ1n) is 12.1.